The highest BCUT2D eigenvalue weighted by Crippen LogP contribution is 2.29. The van der Waals surface area contributed by atoms with Crippen LogP contribution in [0.3, 0.4) is 0 Å². The molecule has 0 radical (unpaired) electrons. The van der Waals surface area contributed by atoms with Crippen molar-refractivity contribution in [1.29, 1.82) is 0 Å². The summed E-state index contributed by atoms with van der Waals surface area (Å²) in [6.45, 7) is 0. The van der Waals surface area contributed by atoms with Crippen LogP contribution in [0.25, 0.3) is 11.4 Å². The van der Waals surface area contributed by atoms with Crippen molar-refractivity contribution in [2.45, 2.75) is 0 Å². The first-order valence-electron chi connectivity index (χ1n) is 6.47. The van der Waals surface area contributed by atoms with Gasteiger partial charge < -0.3 is 0 Å². The molecule has 3 aromatic rings. The molecule has 2 aromatic carbocycles. The van der Waals surface area contributed by atoms with Crippen molar-refractivity contribution in [2.75, 3.05) is 0 Å². The number of H-pyrrole nitrogens is 1. The van der Waals surface area contributed by atoms with Crippen molar-refractivity contribution >= 4 is 57.6 Å². The molecule has 1 heterocycles. The molecule has 23 heavy (non-hydrogen) atoms. The third kappa shape index (κ3) is 3.72. The predicted molar refractivity (Wildman–Crippen MR) is 100 cm³/mol. The Morgan fingerprint density at radius 1 is 1.17 bits per heavy atom. The molecule has 0 amide bonds. The number of rotatable bonds is 3. The predicted octanol–water partition coefficient (Wildman–Crippen LogP) is 5.56. The van der Waals surface area contributed by atoms with Crippen LogP contribution in [0.2, 0.25) is 10.0 Å². The molecule has 1 N–H and O–H groups in total. The van der Waals surface area contributed by atoms with Gasteiger partial charge in [0.25, 0.3) is 0 Å². The van der Waals surface area contributed by atoms with Crippen LogP contribution in [0, 0.1) is 4.77 Å². The number of nitrogens with zero attached hydrogens (tertiary/aromatic N) is 3. The van der Waals surface area contributed by atoms with Crippen molar-refractivity contribution < 1.29 is 0 Å². The average molecular weight is 428 g/mol. The van der Waals surface area contributed by atoms with Gasteiger partial charge >= 0.3 is 0 Å². The summed E-state index contributed by atoms with van der Waals surface area (Å²) < 4.78 is 2.90. The maximum Gasteiger partial charge on any atom is 0.216 e. The van der Waals surface area contributed by atoms with Crippen LogP contribution in [-0.4, -0.2) is 21.1 Å². The monoisotopic (exact) mass is 426 g/mol. The Morgan fingerprint density at radius 2 is 1.91 bits per heavy atom. The van der Waals surface area contributed by atoms with E-state index in [1.807, 2.05) is 24.3 Å². The molecule has 0 spiro atoms. The maximum atomic E-state index is 6.24. The lowest BCUT2D eigenvalue weighted by Crippen LogP contribution is -1.95. The lowest BCUT2D eigenvalue weighted by atomic mass is 10.2. The van der Waals surface area contributed by atoms with Crippen LogP contribution in [0.15, 0.2) is 52.0 Å². The Labute approximate surface area is 155 Å². The fraction of sp³-hybridized carbons (Fsp3) is 0. The minimum absolute atomic E-state index is 0.374. The summed E-state index contributed by atoms with van der Waals surface area (Å²) in [4.78, 5) is 0. The number of hydrogen-bond acceptors (Lipinski definition) is 3. The van der Waals surface area contributed by atoms with E-state index in [2.05, 4.69) is 31.2 Å². The summed E-state index contributed by atoms with van der Waals surface area (Å²) in [5.74, 6) is 0.519. The second kappa shape index (κ2) is 6.97. The zero-order valence-corrected chi connectivity index (χ0v) is 15.4. The van der Waals surface area contributed by atoms with E-state index in [-0.39, 0.29) is 0 Å². The summed E-state index contributed by atoms with van der Waals surface area (Å²) in [5, 5.41) is 12.3. The van der Waals surface area contributed by atoms with Crippen molar-refractivity contribution in [1.82, 2.24) is 14.9 Å². The highest BCUT2D eigenvalue weighted by molar-refractivity contribution is 9.10. The molecular formula is C15H9BrCl2N4S. The minimum atomic E-state index is 0.374. The Kier molecular flexibility index (Phi) is 4.96. The van der Waals surface area contributed by atoms with E-state index in [4.69, 9.17) is 35.4 Å². The summed E-state index contributed by atoms with van der Waals surface area (Å²) in [6, 6.07) is 12.9. The number of halogens is 3. The second-order valence-electron chi connectivity index (χ2n) is 4.58. The topological polar surface area (TPSA) is 46.0 Å². The van der Waals surface area contributed by atoms with Gasteiger partial charge in [-0.2, -0.15) is 14.9 Å². The summed E-state index contributed by atoms with van der Waals surface area (Å²) in [5.41, 5.74) is 1.63. The summed E-state index contributed by atoms with van der Waals surface area (Å²) in [6.07, 6.45) is 1.70. The van der Waals surface area contributed by atoms with Gasteiger partial charge in [-0.25, -0.2) is 5.10 Å². The van der Waals surface area contributed by atoms with Gasteiger partial charge in [-0.15, -0.1) is 0 Å². The fourth-order valence-electron chi connectivity index (χ4n) is 1.92. The third-order valence-electron chi connectivity index (χ3n) is 3.01. The minimum Gasteiger partial charge on any atom is -0.250 e. The fourth-order valence-corrected chi connectivity index (χ4v) is 2.85. The highest BCUT2D eigenvalue weighted by atomic mass is 79.9. The Hall–Kier alpha value is -1.47. The van der Waals surface area contributed by atoms with Gasteiger partial charge in [-0.05, 0) is 48.1 Å². The molecule has 116 valence electrons. The molecular weight excluding hydrogens is 419 g/mol. The molecule has 0 unspecified atom stereocenters. The number of aromatic nitrogens is 3. The van der Waals surface area contributed by atoms with Gasteiger partial charge in [0.2, 0.25) is 4.77 Å². The van der Waals surface area contributed by atoms with Gasteiger partial charge in [-0.1, -0.05) is 51.3 Å². The maximum absolute atomic E-state index is 6.24. The molecule has 1 aromatic heterocycles. The molecule has 0 aliphatic carbocycles. The van der Waals surface area contributed by atoms with Gasteiger partial charge in [0.05, 0.1) is 11.2 Å². The van der Waals surface area contributed by atoms with Crippen LogP contribution >= 0.6 is 51.3 Å². The molecule has 0 aliphatic heterocycles. The molecule has 0 aliphatic rings. The Bertz CT molecular complexity index is 931. The molecule has 0 saturated heterocycles. The smallest absolute Gasteiger partial charge is 0.216 e. The van der Waals surface area contributed by atoms with Crippen LogP contribution in [-0.2, 0) is 0 Å². The molecule has 3 rings (SSSR count). The van der Waals surface area contributed by atoms with Crippen LogP contribution in [0.5, 0.6) is 0 Å². The highest BCUT2D eigenvalue weighted by Gasteiger charge is 2.12. The van der Waals surface area contributed by atoms with E-state index in [1.165, 1.54) is 4.68 Å². The van der Waals surface area contributed by atoms with Crippen LogP contribution in [0.4, 0.5) is 0 Å². The van der Waals surface area contributed by atoms with E-state index in [0.29, 0.717) is 26.2 Å². The average Bonchev–Trinajstić information content (AvgIpc) is 2.88. The number of nitrogens with one attached hydrogen (secondary N) is 1. The summed E-state index contributed by atoms with van der Waals surface area (Å²) in [7, 11) is 0. The Balaban J connectivity index is 2.02. The van der Waals surface area contributed by atoms with Crippen LogP contribution < -0.4 is 0 Å². The number of benzene rings is 2. The third-order valence-corrected chi connectivity index (χ3v) is 4.36. The van der Waals surface area contributed by atoms with Crippen molar-refractivity contribution in [3.8, 4) is 11.4 Å². The summed E-state index contributed by atoms with van der Waals surface area (Å²) >= 11 is 20.8. The Morgan fingerprint density at radius 3 is 2.61 bits per heavy atom. The lowest BCUT2D eigenvalue weighted by Gasteiger charge is -2.04. The molecule has 0 fully saturated rings. The van der Waals surface area contributed by atoms with Gasteiger partial charge in [0.15, 0.2) is 5.82 Å². The first-order valence-corrected chi connectivity index (χ1v) is 8.43. The quantitative estimate of drug-likeness (QED) is 0.439. The first kappa shape index (κ1) is 16.4. The largest absolute Gasteiger partial charge is 0.250 e. The van der Waals surface area contributed by atoms with E-state index in [1.54, 1.807) is 24.4 Å². The van der Waals surface area contributed by atoms with Gasteiger partial charge in [0.1, 0.15) is 0 Å². The normalized spacial score (nSPS) is 11.3. The van der Waals surface area contributed by atoms with Gasteiger partial charge in [-0.3, -0.25) is 0 Å². The van der Waals surface area contributed by atoms with E-state index in [0.717, 1.165) is 10.0 Å². The van der Waals surface area contributed by atoms with E-state index < -0.39 is 0 Å². The van der Waals surface area contributed by atoms with Crippen molar-refractivity contribution in [2.24, 2.45) is 5.10 Å². The SMILES string of the molecule is S=c1[nH]nc(-c2ccc(Cl)cc2Cl)n1/N=C\c1ccc(Br)cc1. The van der Waals surface area contributed by atoms with E-state index >= 15 is 0 Å². The van der Waals surface area contributed by atoms with Gasteiger partial charge in [0, 0.05) is 15.1 Å². The number of aromatic amines is 1. The van der Waals surface area contributed by atoms with Crippen molar-refractivity contribution in [3.63, 3.8) is 0 Å². The second-order valence-corrected chi connectivity index (χ2v) is 6.73. The van der Waals surface area contributed by atoms with E-state index in [9.17, 15) is 0 Å². The zero-order chi connectivity index (χ0) is 16.4. The molecule has 0 bridgehead atoms. The molecule has 0 atom stereocenters. The zero-order valence-electron chi connectivity index (χ0n) is 11.5. The standard InChI is InChI=1S/C15H9BrCl2N4S/c16-10-3-1-9(2-4-10)8-19-22-14(20-21-15(22)23)12-6-5-11(17)7-13(12)18/h1-8H,(H,21,23)/b19-8-. The number of hydrogen-bond donors (Lipinski definition) is 1. The lowest BCUT2D eigenvalue weighted by molar-refractivity contribution is 0.871. The van der Waals surface area contributed by atoms with Crippen LogP contribution in [0.1, 0.15) is 5.56 Å². The molecule has 4 nitrogen and oxygen atoms in total. The molecule has 8 heteroatoms. The molecule has 0 saturated carbocycles. The first-order chi connectivity index (χ1) is 11.0. The van der Waals surface area contributed by atoms with Crippen molar-refractivity contribution in [3.05, 3.63) is 67.3 Å².